The number of hydrogen-bond acceptors (Lipinski definition) is 5. The molecule has 7 nitrogen and oxygen atoms in total. The van der Waals surface area contributed by atoms with Crippen molar-refractivity contribution < 1.29 is 4.79 Å². The van der Waals surface area contributed by atoms with Crippen LogP contribution < -0.4 is 10.9 Å². The molecule has 0 radical (unpaired) electrons. The van der Waals surface area contributed by atoms with Crippen molar-refractivity contribution in [1.82, 2.24) is 24.6 Å². The molecule has 0 aliphatic carbocycles. The Balaban J connectivity index is 1.26. The number of hydrogen-bond donors (Lipinski definition) is 1. The normalized spacial score (nSPS) is 11.1. The van der Waals surface area contributed by atoms with Gasteiger partial charge in [-0.15, -0.1) is 11.3 Å². The maximum atomic E-state index is 12.5. The molecule has 34 heavy (non-hydrogen) atoms. The minimum Gasteiger partial charge on any atom is -0.353 e. The van der Waals surface area contributed by atoms with Crippen molar-refractivity contribution in [2.75, 3.05) is 6.54 Å². The number of aromatic nitrogens is 4. The van der Waals surface area contributed by atoms with E-state index in [4.69, 9.17) is 0 Å². The second-order valence-corrected chi connectivity index (χ2v) is 8.93. The molecule has 0 spiro atoms. The van der Waals surface area contributed by atoms with Crippen molar-refractivity contribution in [3.63, 3.8) is 0 Å². The van der Waals surface area contributed by atoms with Gasteiger partial charge in [-0.25, -0.2) is 9.67 Å². The highest BCUT2D eigenvalue weighted by molar-refractivity contribution is 7.18. The van der Waals surface area contributed by atoms with Crippen LogP contribution in [0.5, 0.6) is 0 Å². The van der Waals surface area contributed by atoms with Crippen molar-refractivity contribution in [3.8, 4) is 21.1 Å². The van der Waals surface area contributed by atoms with Crippen LogP contribution in [0.15, 0.2) is 83.8 Å². The van der Waals surface area contributed by atoms with Gasteiger partial charge in [0.2, 0.25) is 5.91 Å². The molecule has 1 N–H and O–H groups in total. The summed E-state index contributed by atoms with van der Waals surface area (Å²) in [5.41, 5.74) is 3.42. The van der Waals surface area contributed by atoms with Crippen LogP contribution in [0.2, 0.25) is 0 Å². The van der Waals surface area contributed by atoms with Crippen LogP contribution in [0.1, 0.15) is 5.69 Å². The Labute approximate surface area is 200 Å². The quantitative estimate of drug-likeness (QED) is 0.389. The van der Waals surface area contributed by atoms with Gasteiger partial charge in [-0.3, -0.25) is 9.59 Å². The lowest BCUT2D eigenvalue weighted by molar-refractivity contribution is -0.121. The van der Waals surface area contributed by atoms with Crippen LogP contribution in [0, 0.1) is 6.92 Å². The Bertz CT molecular complexity index is 1520. The first-order valence-corrected chi connectivity index (χ1v) is 11.8. The van der Waals surface area contributed by atoms with Gasteiger partial charge in [-0.05, 0) is 30.5 Å². The van der Waals surface area contributed by atoms with Crippen LogP contribution in [0.3, 0.4) is 0 Å². The molecule has 0 unspecified atom stereocenters. The van der Waals surface area contributed by atoms with Gasteiger partial charge in [-0.2, -0.15) is 5.10 Å². The average molecular weight is 470 g/mol. The summed E-state index contributed by atoms with van der Waals surface area (Å²) in [6.45, 7) is 2.76. The number of para-hydroxylation sites is 1. The molecule has 0 aliphatic heterocycles. The lowest BCUT2D eigenvalue weighted by atomic mass is 10.2. The van der Waals surface area contributed by atoms with Crippen molar-refractivity contribution in [1.29, 1.82) is 0 Å². The van der Waals surface area contributed by atoms with E-state index in [2.05, 4.69) is 15.4 Å². The number of thiazole rings is 1. The summed E-state index contributed by atoms with van der Waals surface area (Å²) in [7, 11) is 0. The highest BCUT2D eigenvalue weighted by atomic mass is 32.1. The van der Waals surface area contributed by atoms with Gasteiger partial charge >= 0.3 is 0 Å². The Kier molecular flexibility index (Phi) is 6.05. The number of aryl methyl sites for hydroxylation is 1. The lowest BCUT2D eigenvalue weighted by Crippen LogP contribution is -2.33. The molecule has 8 heteroatoms. The molecular formula is C26H23N5O2S. The molecule has 0 fully saturated rings. The number of amides is 1. The van der Waals surface area contributed by atoms with E-state index in [0.29, 0.717) is 12.2 Å². The molecule has 3 aromatic heterocycles. The van der Waals surface area contributed by atoms with E-state index >= 15 is 0 Å². The van der Waals surface area contributed by atoms with Gasteiger partial charge in [0, 0.05) is 29.9 Å². The standard InChI is InChI=1S/C26H23N5O2S/c1-18-25(34-26(28-18)20-8-3-2-4-9-20)21-11-12-24(33)31(29-21)16-14-27-23(32)17-30-15-13-19-7-5-6-10-22(19)30/h2-13,15H,14,16-17H2,1H3,(H,27,32). The third kappa shape index (κ3) is 4.53. The van der Waals surface area contributed by atoms with Gasteiger partial charge in [0.25, 0.3) is 5.56 Å². The first-order valence-electron chi connectivity index (χ1n) is 11.0. The maximum absolute atomic E-state index is 12.5. The van der Waals surface area contributed by atoms with E-state index in [1.54, 1.807) is 17.4 Å². The molecule has 0 aliphatic rings. The van der Waals surface area contributed by atoms with Gasteiger partial charge in [-0.1, -0.05) is 48.5 Å². The maximum Gasteiger partial charge on any atom is 0.266 e. The van der Waals surface area contributed by atoms with E-state index in [1.807, 2.05) is 78.4 Å². The molecule has 0 saturated heterocycles. The number of fused-ring (bicyclic) bond motifs is 1. The Hall–Kier alpha value is -4.04. The van der Waals surface area contributed by atoms with E-state index in [-0.39, 0.29) is 24.6 Å². The van der Waals surface area contributed by atoms with Crippen molar-refractivity contribution in [2.24, 2.45) is 0 Å². The van der Waals surface area contributed by atoms with Gasteiger partial charge in [0.05, 0.1) is 17.1 Å². The first kappa shape index (κ1) is 21.8. The molecule has 5 aromatic rings. The fourth-order valence-corrected chi connectivity index (χ4v) is 4.90. The van der Waals surface area contributed by atoms with E-state index < -0.39 is 0 Å². The number of rotatable bonds is 7. The predicted molar refractivity (Wildman–Crippen MR) is 135 cm³/mol. The molecule has 2 aromatic carbocycles. The zero-order valence-electron chi connectivity index (χ0n) is 18.6. The second kappa shape index (κ2) is 9.44. The Morgan fingerprint density at radius 1 is 1.00 bits per heavy atom. The highest BCUT2D eigenvalue weighted by Crippen LogP contribution is 2.33. The second-order valence-electron chi connectivity index (χ2n) is 7.93. The van der Waals surface area contributed by atoms with E-state index in [1.165, 1.54) is 10.7 Å². The molecule has 170 valence electrons. The van der Waals surface area contributed by atoms with Crippen LogP contribution >= 0.6 is 11.3 Å². The summed E-state index contributed by atoms with van der Waals surface area (Å²) in [6.07, 6.45) is 1.90. The minimum absolute atomic E-state index is 0.114. The number of benzene rings is 2. The van der Waals surface area contributed by atoms with E-state index in [0.717, 1.165) is 32.0 Å². The van der Waals surface area contributed by atoms with Crippen LogP contribution in [-0.2, 0) is 17.9 Å². The van der Waals surface area contributed by atoms with Crippen LogP contribution in [-0.4, -0.2) is 31.8 Å². The number of carbonyl (C=O) groups is 1. The van der Waals surface area contributed by atoms with Crippen molar-refractivity contribution in [3.05, 3.63) is 95.0 Å². The fourth-order valence-electron chi connectivity index (χ4n) is 3.86. The van der Waals surface area contributed by atoms with Crippen LogP contribution in [0.4, 0.5) is 0 Å². The van der Waals surface area contributed by atoms with Crippen molar-refractivity contribution >= 4 is 28.1 Å². The summed E-state index contributed by atoms with van der Waals surface area (Å²) in [5, 5.41) is 9.44. The molecule has 1 amide bonds. The largest absolute Gasteiger partial charge is 0.353 e. The molecular weight excluding hydrogens is 446 g/mol. The van der Waals surface area contributed by atoms with Gasteiger partial charge < -0.3 is 9.88 Å². The number of nitrogens with one attached hydrogen (secondary N) is 1. The average Bonchev–Trinajstić information content (AvgIpc) is 3.44. The summed E-state index contributed by atoms with van der Waals surface area (Å²) in [4.78, 5) is 30.4. The highest BCUT2D eigenvalue weighted by Gasteiger charge is 2.14. The van der Waals surface area contributed by atoms with Gasteiger partial charge in [0.15, 0.2) is 0 Å². The van der Waals surface area contributed by atoms with Crippen LogP contribution in [0.25, 0.3) is 32.0 Å². The number of nitrogens with zero attached hydrogens (tertiary/aromatic N) is 4. The molecule has 0 atom stereocenters. The smallest absolute Gasteiger partial charge is 0.266 e. The van der Waals surface area contributed by atoms with Gasteiger partial charge in [0.1, 0.15) is 17.2 Å². The molecule has 5 rings (SSSR count). The third-order valence-electron chi connectivity index (χ3n) is 5.56. The van der Waals surface area contributed by atoms with E-state index in [9.17, 15) is 9.59 Å². The zero-order valence-corrected chi connectivity index (χ0v) is 19.5. The Morgan fingerprint density at radius 3 is 2.65 bits per heavy atom. The minimum atomic E-state index is -0.208. The molecule has 0 bridgehead atoms. The predicted octanol–water partition coefficient (Wildman–Crippen LogP) is 4.11. The number of carbonyl (C=O) groups excluding carboxylic acids is 1. The summed E-state index contributed by atoms with van der Waals surface area (Å²) >= 11 is 1.55. The topological polar surface area (TPSA) is 81.8 Å². The molecule has 3 heterocycles. The lowest BCUT2D eigenvalue weighted by Gasteiger charge is -2.09. The summed E-state index contributed by atoms with van der Waals surface area (Å²) in [5.74, 6) is -0.114. The van der Waals surface area contributed by atoms with Crippen molar-refractivity contribution in [2.45, 2.75) is 20.0 Å². The molecule has 0 saturated carbocycles. The first-order chi connectivity index (χ1) is 16.6. The summed E-state index contributed by atoms with van der Waals surface area (Å²) in [6, 6.07) is 23.1. The Morgan fingerprint density at radius 2 is 1.79 bits per heavy atom. The fraction of sp³-hybridized carbons (Fsp3) is 0.154. The monoisotopic (exact) mass is 469 g/mol. The zero-order chi connectivity index (χ0) is 23.5. The summed E-state index contributed by atoms with van der Waals surface area (Å²) < 4.78 is 3.30. The SMILES string of the molecule is Cc1nc(-c2ccccc2)sc1-c1ccc(=O)n(CCNC(=O)Cn2ccc3ccccc32)n1. The third-order valence-corrected chi connectivity index (χ3v) is 6.79.